The molecule has 1 aliphatic rings. The van der Waals surface area contributed by atoms with Crippen LogP contribution in [0.1, 0.15) is 6.42 Å². The number of aryl methyl sites for hydroxylation is 1. The maximum atomic E-state index is 10.6. The zero-order chi connectivity index (χ0) is 23.4. The summed E-state index contributed by atoms with van der Waals surface area (Å²) in [5.41, 5.74) is 3.70. The van der Waals surface area contributed by atoms with Gasteiger partial charge in [0.05, 0.1) is 34.7 Å². The lowest BCUT2D eigenvalue weighted by atomic mass is 10.2. The summed E-state index contributed by atoms with van der Waals surface area (Å²) in [5.74, 6) is 0.270. The van der Waals surface area contributed by atoms with Crippen molar-refractivity contribution in [2.75, 3.05) is 18.9 Å². The molecule has 11 nitrogen and oxygen atoms in total. The monoisotopic (exact) mass is 467 g/mol. The van der Waals surface area contributed by atoms with Gasteiger partial charge in [0, 0.05) is 33.0 Å². The van der Waals surface area contributed by atoms with Crippen LogP contribution in [0.25, 0.3) is 22.8 Å². The van der Waals surface area contributed by atoms with Crippen molar-refractivity contribution in [2.45, 2.75) is 12.5 Å². The highest BCUT2D eigenvalue weighted by Crippen LogP contribution is 2.24. The molecule has 0 radical (unpaired) electrons. The normalized spacial score (nSPS) is 15.3. The molecular weight excluding hydrogens is 446 g/mol. The van der Waals surface area contributed by atoms with Gasteiger partial charge in [-0.05, 0) is 30.7 Å². The van der Waals surface area contributed by atoms with Crippen LogP contribution in [-0.4, -0.2) is 70.5 Å². The number of carbonyl (C=O) groups excluding carboxylic acids is 1. The zero-order valence-electron chi connectivity index (χ0n) is 18.0. The third-order valence-electron chi connectivity index (χ3n) is 4.96. The number of amides is 1. The molecule has 4 aromatic heterocycles. The van der Waals surface area contributed by atoms with Crippen molar-refractivity contribution in [3.05, 3.63) is 54.1 Å². The first-order valence-electron chi connectivity index (χ1n) is 10.1. The fourth-order valence-corrected chi connectivity index (χ4v) is 3.26. The Labute approximate surface area is 194 Å². The van der Waals surface area contributed by atoms with Crippen LogP contribution in [0.15, 0.2) is 48.9 Å². The molecule has 170 valence electrons. The molecule has 3 N–H and O–H groups in total. The predicted octanol–water partition coefficient (Wildman–Crippen LogP) is 2.27. The standard InChI is InChI=1S/C16H13ClN8.C5H9NO2/c1-25-15(17)14(9-20-25)23-16-18-7-5-12(22-16)10-3-2-4-11(21-10)13-6-8-19-24-13;1-6-3-2-4(7)5(6)8/h2-9H,1H3,(H,19,24)(H,18,22,23);4,7H,2-3H2,1H3. The number of carbonyl (C=O) groups is 1. The lowest BCUT2D eigenvalue weighted by Crippen LogP contribution is -2.24. The van der Waals surface area contributed by atoms with Gasteiger partial charge in [0.25, 0.3) is 5.91 Å². The van der Waals surface area contributed by atoms with Crippen molar-refractivity contribution in [3.8, 4) is 22.8 Å². The lowest BCUT2D eigenvalue weighted by molar-refractivity contribution is -0.133. The number of nitrogens with zero attached hydrogens (tertiary/aromatic N) is 7. The number of aromatic nitrogens is 7. The second kappa shape index (κ2) is 9.76. The minimum atomic E-state index is -0.722. The zero-order valence-corrected chi connectivity index (χ0v) is 18.7. The van der Waals surface area contributed by atoms with Crippen LogP contribution < -0.4 is 5.32 Å². The third kappa shape index (κ3) is 5.16. The number of rotatable bonds is 4. The highest BCUT2D eigenvalue weighted by Gasteiger charge is 2.26. The summed E-state index contributed by atoms with van der Waals surface area (Å²) in [6, 6.07) is 9.39. The van der Waals surface area contributed by atoms with Crippen LogP contribution in [0.2, 0.25) is 5.15 Å². The number of pyridine rings is 1. The van der Waals surface area contributed by atoms with E-state index in [0.717, 1.165) is 17.1 Å². The SMILES string of the molecule is CN1CCC(O)C1=O.Cn1ncc(Nc2nccc(-c3cccc(-c4ccn[nH]4)n3)n2)c1Cl. The number of aliphatic hydroxyl groups excluding tert-OH is 1. The van der Waals surface area contributed by atoms with Crippen molar-refractivity contribution in [1.29, 1.82) is 0 Å². The molecule has 1 amide bonds. The Hall–Kier alpha value is -3.83. The number of halogens is 1. The van der Waals surface area contributed by atoms with E-state index in [1.807, 2.05) is 24.3 Å². The van der Waals surface area contributed by atoms with E-state index in [-0.39, 0.29) is 5.91 Å². The Morgan fingerprint density at radius 3 is 2.52 bits per heavy atom. The molecule has 1 atom stereocenters. The summed E-state index contributed by atoms with van der Waals surface area (Å²) in [6.07, 6.45) is 4.85. The summed E-state index contributed by atoms with van der Waals surface area (Å²) in [6.45, 7) is 0.694. The van der Waals surface area contributed by atoms with Gasteiger partial charge >= 0.3 is 0 Å². The second-order valence-corrected chi connectivity index (χ2v) is 7.66. The van der Waals surface area contributed by atoms with Gasteiger partial charge in [0.2, 0.25) is 5.95 Å². The van der Waals surface area contributed by atoms with Gasteiger partial charge in [-0.25, -0.2) is 15.0 Å². The van der Waals surface area contributed by atoms with Gasteiger partial charge in [0.15, 0.2) is 0 Å². The van der Waals surface area contributed by atoms with Crippen molar-refractivity contribution in [2.24, 2.45) is 7.05 Å². The molecule has 5 heterocycles. The number of nitrogens with one attached hydrogen (secondary N) is 2. The van der Waals surface area contributed by atoms with Crippen LogP contribution in [0.3, 0.4) is 0 Å². The van der Waals surface area contributed by atoms with E-state index in [9.17, 15) is 4.79 Å². The van der Waals surface area contributed by atoms with E-state index in [1.165, 1.54) is 4.90 Å². The minimum Gasteiger partial charge on any atom is -0.383 e. The Morgan fingerprint density at radius 1 is 1.12 bits per heavy atom. The third-order valence-corrected chi connectivity index (χ3v) is 5.40. The van der Waals surface area contributed by atoms with Crippen LogP contribution in [-0.2, 0) is 11.8 Å². The summed E-state index contributed by atoms with van der Waals surface area (Å²) in [4.78, 5) is 25.5. The number of hydrogen-bond acceptors (Lipinski definition) is 8. The molecule has 12 heteroatoms. The molecule has 0 aliphatic carbocycles. The Kier molecular flexibility index (Phi) is 6.61. The van der Waals surface area contributed by atoms with Gasteiger partial charge in [0.1, 0.15) is 11.3 Å². The van der Waals surface area contributed by atoms with Crippen LogP contribution in [0.5, 0.6) is 0 Å². The average molecular weight is 468 g/mol. The molecule has 1 saturated heterocycles. The minimum absolute atomic E-state index is 0.148. The summed E-state index contributed by atoms with van der Waals surface area (Å²) >= 11 is 6.15. The van der Waals surface area contributed by atoms with Gasteiger partial charge in [-0.1, -0.05) is 17.7 Å². The van der Waals surface area contributed by atoms with Crippen LogP contribution >= 0.6 is 11.6 Å². The molecule has 0 saturated carbocycles. The number of H-pyrrole nitrogens is 1. The number of hydrogen-bond donors (Lipinski definition) is 3. The molecule has 0 bridgehead atoms. The topological polar surface area (TPSA) is 138 Å². The van der Waals surface area contributed by atoms with Gasteiger partial charge in [-0.15, -0.1) is 0 Å². The maximum absolute atomic E-state index is 10.6. The van der Waals surface area contributed by atoms with Crippen molar-refractivity contribution >= 4 is 29.1 Å². The predicted molar refractivity (Wildman–Crippen MR) is 123 cm³/mol. The van der Waals surface area contributed by atoms with Gasteiger partial charge in [-0.3, -0.25) is 14.6 Å². The summed E-state index contributed by atoms with van der Waals surface area (Å²) in [7, 11) is 3.45. The number of aliphatic hydroxyl groups is 1. The number of likely N-dealkylation sites (N-methyl/N-ethyl adjacent to an activating group) is 1. The molecule has 0 aromatic carbocycles. The average Bonchev–Trinajstić information content (AvgIpc) is 3.55. The van der Waals surface area contributed by atoms with Crippen LogP contribution in [0, 0.1) is 0 Å². The van der Waals surface area contributed by atoms with E-state index in [0.29, 0.717) is 35.4 Å². The Morgan fingerprint density at radius 2 is 1.91 bits per heavy atom. The molecule has 5 rings (SSSR count). The van der Waals surface area contributed by atoms with Crippen molar-refractivity contribution in [3.63, 3.8) is 0 Å². The highest BCUT2D eigenvalue weighted by atomic mass is 35.5. The second-order valence-electron chi connectivity index (χ2n) is 7.31. The first kappa shape index (κ1) is 22.4. The smallest absolute Gasteiger partial charge is 0.251 e. The van der Waals surface area contributed by atoms with Crippen LogP contribution in [0.4, 0.5) is 11.6 Å². The first-order chi connectivity index (χ1) is 15.9. The van der Waals surface area contributed by atoms with E-state index in [2.05, 4.69) is 35.6 Å². The number of anilines is 2. The first-order valence-corrected chi connectivity index (χ1v) is 10.5. The molecule has 1 fully saturated rings. The molecule has 4 aromatic rings. The quantitative estimate of drug-likeness (QED) is 0.415. The Bertz CT molecular complexity index is 1230. The molecular formula is C21H22ClN9O2. The van der Waals surface area contributed by atoms with E-state index < -0.39 is 6.10 Å². The van der Waals surface area contributed by atoms with E-state index >= 15 is 0 Å². The van der Waals surface area contributed by atoms with Crippen molar-refractivity contribution in [1.82, 2.24) is 39.8 Å². The molecule has 33 heavy (non-hydrogen) atoms. The summed E-state index contributed by atoms with van der Waals surface area (Å²) in [5, 5.41) is 23.3. The molecule has 0 spiro atoms. The molecule has 1 aliphatic heterocycles. The van der Waals surface area contributed by atoms with E-state index in [1.54, 1.807) is 43.4 Å². The fourth-order valence-electron chi connectivity index (χ4n) is 3.12. The Balaban J connectivity index is 0.000000275. The largest absolute Gasteiger partial charge is 0.383 e. The molecule has 1 unspecified atom stereocenters. The van der Waals surface area contributed by atoms with Gasteiger partial charge < -0.3 is 15.3 Å². The van der Waals surface area contributed by atoms with Crippen molar-refractivity contribution < 1.29 is 9.90 Å². The summed E-state index contributed by atoms with van der Waals surface area (Å²) < 4.78 is 1.56. The fraction of sp³-hybridized carbons (Fsp3) is 0.238. The highest BCUT2D eigenvalue weighted by molar-refractivity contribution is 6.32. The maximum Gasteiger partial charge on any atom is 0.251 e. The van der Waals surface area contributed by atoms with E-state index in [4.69, 9.17) is 16.7 Å². The number of likely N-dealkylation sites (tertiary alicyclic amines) is 1. The number of aromatic amines is 1. The van der Waals surface area contributed by atoms with Gasteiger partial charge in [-0.2, -0.15) is 10.2 Å². The lowest BCUT2D eigenvalue weighted by Gasteiger charge is -2.06.